The molecule has 4 rings (SSSR count). The van der Waals surface area contributed by atoms with Gasteiger partial charge in [0.15, 0.2) is 0 Å². The molecule has 1 aliphatic heterocycles. The number of carbonyl (C=O) groups is 2. The third-order valence-electron chi connectivity index (χ3n) is 6.04. The van der Waals surface area contributed by atoms with Crippen molar-refractivity contribution in [3.8, 4) is 0 Å². The Morgan fingerprint density at radius 2 is 2.00 bits per heavy atom. The first-order valence-electron chi connectivity index (χ1n) is 10.6. The van der Waals surface area contributed by atoms with Crippen molar-refractivity contribution in [2.45, 2.75) is 20.3 Å². The van der Waals surface area contributed by atoms with Crippen molar-refractivity contribution < 1.29 is 18.4 Å². The van der Waals surface area contributed by atoms with Crippen molar-refractivity contribution >= 4 is 34.1 Å². The number of amides is 2. The highest BCUT2D eigenvalue weighted by Gasteiger charge is 2.25. The molecule has 2 amide bonds. The Hall–Kier alpha value is -3.42. The van der Waals surface area contributed by atoms with E-state index in [1.165, 1.54) is 24.3 Å². The molecule has 8 heteroatoms. The first-order chi connectivity index (χ1) is 15.2. The smallest absolute Gasteiger partial charge is 0.272 e. The molecule has 1 aromatic heterocycles. The van der Waals surface area contributed by atoms with Gasteiger partial charge >= 0.3 is 0 Å². The summed E-state index contributed by atoms with van der Waals surface area (Å²) in [5, 5.41) is 3.04. The molecule has 0 unspecified atom stereocenters. The average molecular weight is 440 g/mol. The highest BCUT2D eigenvalue weighted by Crippen LogP contribution is 2.26. The normalized spacial score (nSPS) is 15.9. The summed E-state index contributed by atoms with van der Waals surface area (Å²) in [4.78, 5) is 31.0. The van der Waals surface area contributed by atoms with E-state index < -0.39 is 17.5 Å². The molecule has 3 aromatic rings. The SMILES string of the molecule is CC(=O)N1CC[C@H](CN(C)c2cc(F)cc(NC(=O)c3cc4c(F)ccc(C)c4[nH]3)c2)C1. The number of fused-ring (bicyclic) bond motifs is 1. The van der Waals surface area contributed by atoms with Crippen LogP contribution in [0.5, 0.6) is 0 Å². The van der Waals surface area contributed by atoms with Gasteiger partial charge in [-0.25, -0.2) is 8.78 Å². The Morgan fingerprint density at radius 3 is 2.69 bits per heavy atom. The lowest BCUT2D eigenvalue weighted by molar-refractivity contribution is -0.127. The van der Waals surface area contributed by atoms with Crippen LogP contribution in [0.2, 0.25) is 0 Å². The molecule has 6 nitrogen and oxygen atoms in total. The van der Waals surface area contributed by atoms with Crippen molar-refractivity contribution in [2.24, 2.45) is 5.92 Å². The second-order valence-corrected chi connectivity index (χ2v) is 8.49. The number of nitrogens with zero attached hydrogens (tertiary/aromatic N) is 2. The molecule has 0 saturated carbocycles. The predicted molar refractivity (Wildman–Crippen MR) is 121 cm³/mol. The van der Waals surface area contributed by atoms with Gasteiger partial charge in [0.2, 0.25) is 5.91 Å². The maximum Gasteiger partial charge on any atom is 0.272 e. The fourth-order valence-electron chi connectivity index (χ4n) is 4.27. The van der Waals surface area contributed by atoms with Crippen LogP contribution in [-0.4, -0.2) is 48.4 Å². The molecule has 2 heterocycles. The molecule has 0 aliphatic carbocycles. The van der Waals surface area contributed by atoms with Gasteiger partial charge in [-0.3, -0.25) is 9.59 Å². The van der Waals surface area contributed by atoms with Gasteiger partial charge in [-0.1, -0.05) is 6.07 Å². The van der Waals surface area contributed by atoms with Crippen molar-refractivity contribution in [3.63, 3.8) is 0 Å². The number of aromatic nitrogens is 1. The summed E-state index contributed by atoms with van der Waals surface area (Å²) in [5.41, 5.74) is 2.52. The monoisotopic (exact) mass is 440 g/mol. The Morgan fingerprint density at radius 1 is 1.22 bits per heavy atom. The van der Waals surface area contributed by atoms with Gasteiger partial charge in [0, 0.05) is 50.4 Å². The van der Waals surface area contributed by atoms with E-state index in [1.54, 1.807) is 19.1 Å². The van der Waals surface area contributed by atoms with E-state index in [-0.39, 0.29) is 11.6 Å². The molecule has 1 atom stereocenters. The second-order valence-electron chi connectivity index (χ2n) is 8.49. The number of benzene rings is 2. The number of likely N-dealkylation sites (tertiary alicyclic amines) is 1. The number of rotatable bonds is 5. The van der Waals surface area contributed by atoms with E-state index in [9.17, 15) is 18.4 Å². The van der Waals surface area contributed by atoms with Gasteiger partial charge in [-0.15, -0.1) is 0 Å². The Kier molecular flexibility index (Phi) is 5.86. The Labute approximate surface area is 185 Å². The highest BCUT2D eigenvalue weighted by atomic mass is 19.1. The van der Waals surface area contributed by atoms with Crippen molar-refractivity contribution in [3.05, 3.63) is 59.3 Å². The predicted octanol–water partition coefficient (Wildman–Crippen LogP) is 4.31. The van der Waals surface area contributed by atoms with Crippen LogP contribution in [-0.2, 0) is 4.79 Å². The van der Waals surface area contributed by atoms with Gasteiger partial charge < -0.3 is 20.1 Å². The lowest BCUT2D eigenvalue weighted by atomic mass is 10.1. The van der Waals surface area contributed by atoms with Gasteiger partial charge in [0.05, 0.1) is 5.52 Å². The summed E-state index contributed by atoms with van der Waals surface area (Å²) >= 11 is 0. The zero-order valence-corrected chi connectivity index (χ0v) is 18.3. The molecule has 0 radical (unpaired) electrons. The molecule has 32 heavy (non-hydrogen) atoms. The summed E-state index contributed by atoms with van der Waals surface area (Å²) in [5.74, 6) is -0.995. The zero-order chi connectivity index (χ0) is 23.0. The molecular weight excluding hydrogens is 414 g/mol. The molecule has 168 valence electrons. The van der Waals surface area contributed by atoms with Crippen LogP contribution >= 0.6 is 0 Å². The number of H-pyrrole nitrogens is 1. The number of halogens is 2. The average Bonchev–Trinajstić information content (AvgIpc) is 3.38. The quantitative estimate of drug-likeness (QED) is 0.621. The fraction of sp³-hybridized carbons (Fsp3) is 0.333. The van der Waals surface area contributed by atoms with E-state index >= 15 is 0 Å². The van der Waals surface area contributed by atoms with Gasteiger partial charge in [-0.05, 0) is 55.2 Å². The fourth-order valence-corrected chi connectivity index (χ4v) is 4.27. The van der Waals surface area contributed by atoms with Crippen LogP contribution in [0.1, 0.15) is 29.4 Å². The molecule has 0 spiro atoms. The van der Waals surface area contributed by atoms with E-state index in [0.717, 1.165) is 18.5 Å². The molecule has 2 N–H and O–H groups in total. The standard InChI is InChI=1S/C24H26F2N4O2/c1-14-4-5-21(26)20-11-22(28-23(14)20)24(32)27-18-8-17(25)9-19(10-18)29(3)12-16-6-7-30(13-16)15(2)31/h4-5,8-11,16,28H,6-7,12-13H2,1-3H3,(H,27,32)/t16-/m1/s1. The number of nitrogens with one attached hydrogen (secondary N) is 2. The zero-order valence-electron chi connectivity index (χ0n) is 18.3. The Balaban J connectivity index is 1.49. The summed E-state index contributed by atoms with van der Waals surface area (Å²) in [7, 11) is 1.86. The Bertz CT molecular complexity index is 1150. The van der Waals surface area contributed by atoms with Crippen LogP contribution in [0.25, 0.3) is 10.9 Å². The highest BCUT2D eigenvalue weighted by molar-refractivity contribution is 6.06. The van der Waals surface area contributed by atoms with Crippen molar-refractivity contribution in [2.75, 3.05) is 36.9 Å². The van der Waals surface area contributed by atoms with Gasteiger partial charge in [0.25, 0.3) is 5.91 Å². The third-order valence-corrected chi connectivity index (χ3v) is 6.04. The number of anilines is 2. The van der Waals surface area contributed by atoms with E-state index in [0.29, 0.717) is 41.3 Å². The van der Waals surface area contributed by atoms with Crippen LogP contribution in [0.4, 0.5) is 20.2 Å². The first kappa shape index (κ1) is 21.8. The maximum absolute atomic E-state index is 14.3. The molecule has 2 aromatic carbocycles. The largest absolute Gasteiger partial charge is 0.374 e. The molecule has 0 bridgehead atoms. The minimum Gasteiger partial charge on any atom is -0.374 e. The molecule has 1 aliphatic rings. The summed E-state index contributed by atoms with van der Waals surface area (Å²) in [6.07, 6.45) is 0.902. The minimum absolute atomic E-state index is 0.0676. The minimum atomic E-state index is -0.480. The summed E-state index contributed by atoms with van der Waals surface area (Å²) < 4.78 is 28.4. The molecule has 1 saturated heterocycles. The number of carbonyl (C=O) groups excluding carboxylic acids is 2. The second kappa shape index (κ2) is 8.61. The number of hydrogen-bond donors (Lipinski definition) is 2. The van der Waals surface area contributed by atoms with Crippen molar-refractivity contribution in [1.82, 2.24) is 9.88 Å². The third kappa shape index (κ3) is 4.44. The van der Waals surface area contributed by atoms with Gasteiger partial charge in [0.1, 0.15) is 17.3 Å². The van der Waals surface area contributed by atoms with Crippen LogP contribution < -0.4 is 10.2 Å². The topological polar surface area (TPSA) is 68.4 Å². The van der Waals surface area contributed by atoms with Crippen LogP contribution in [0.3, 0.4) is 0 Å². The van der Waals surface area contributed by atoms with E-state index in [4.69, 9.17) is 0 Å². The lowest BCUT2D eigenvalue weighted by Crippen LogP contribution is -2.30. The lowest BCUT2D eigenvalue weighted by Gasteiger charge is -2.24. The van der Waals surface area contributed by atoms with Crippen LogP contribution in [0.15, 0.2) is 36.4 Å². The van der Waals surface area contributed by atoms with E-state index in [2.05, 4.69) is 10.3 Å². The number of aromatic amines is 1. The first-order valence-corrected chi connectivity index (χ1v) is 10.6. The van der Waals surface area contributed by atoms with Crippen molar-refractivity contribution in [1.29, 1.82) is 0 Å². The summed E-state index contributed by atoms with van der Waals surface area (Å²) in [6.45, 7) is 5.49. The van der Waals surface area contributed by atoms with Crippen LogP contribution in [0, 0.1) is 24.5 Å². The van der Waals surface area contributed by atoms with E-state index in [1.807, 2.05) is 23.8 Å². The number of hydrogen-bond acceptors (Lipinski definition) is 3. The maximum atomic E-state index is 14.3. The molecule has 1 fully saturated rings. The number of aryl methyl sites for hydroxylation is 1. The molecular formula is C24H26F2N4O2. The summed E-state index contributed by atoms with van der Waals surface area (Å²) in [6, 6.07) is 8.82. The van der Waals surface area contributed by atoms with Gasteiger partial charge in [-0.2, -0.15) is 0 Å².